The molecule has 7 nitrogen and oxygen atoms in total. The van der Waals surface area contributed by atoms with Crippen molar-refractivity contribution in [2.75, 3.05) is 5.48 Å². The number of anilines is 1. The number of nitrogens with zero attached hydrogens (tertiary/aromatic N) is 1. The molecular weight excluding hydrogens is 354 g/mol. The summed E-state index contributed by atoms with van der Waals surface area (Å²) in [6, 6.07) is 6.35. The summed E-state index contributed by atoms with van der Waals surface area (Å²) in [5, 5.41) is 13.9. The molecule has 0 spiro atoms. The molecule has 0 saturated carbocycles. The van der Waals surface area contributed by atoms with Crippen LogP contribution in [0.5, 0.6) is 0 Å². The molecule has 134 valence electrons. The number of nitrogens with one attached hydrogen (secondary N) is 2. The van der Waals surface area contributed by atoms with Crippen LogP contribution >= 0.6 is 11.3 Å². The zero-order valence-corrected chi connectivity index (χ0v) is 15.0. The summed E-state index contributed by atoms with van der Waals surface area (Å²) in [6.07, 6.45) is 2.97. The van der Waals surface area contributed by atoms with Gasteiger partial charge in [0.15, 0.2) is 0 Å². The number of aromatic nitrogens is 1. The van der Waals surface area contributed by atoms with Gasteiger partial charge in [-0.05, 0) is 48.6 Å². The molecule has 1 amide bonds. The minimum Gasteiger partial charge on any atom is -0.406 e. The molecule has 0 bridgehead atoms. The van der Waals surface area contributed by atoms with Crippen LogP contribution in [0.1, 0.15) is 30.0 Å². The number of carbonyl (C=O) groups excluding carboxylic acids is 1. The minimum atomic E-state index is -0.558. The monoisotopic (exact) mass is 371 g/mol. The Bertz CT molecular complexity index is 1040. The molecule has 0 radical (unpaired) electrons. The Morgan fingerprint density at radius 2 is 2.23 bits per heavy atom. The molecule has 0 aliphatic rings. The second kappa shape index (κ2) is 7.51. The Morgan fingerprint density at radius 3 is 3.00 bits per heavy atom. The second-order valence-electron chi connectivity index (χ2n) is 5.74. The molecule has 1 unspecified atom stereocenters. The fourth-order valence-electron chi connectivity index (χ4n) is 2.42. The van der Waals surface area contributed by atoms with Crippen LogP contribution in [-0.2, 0) is 4.79 Å². The van der Waals surface area contributed by atoms with Crippen molar-refractivity contribution in [1.29, 1.82) is 0 Å². The van der Waals surface area contributed by atoms with Gasteiger partial charge in [0.05, 0.1) is 11.1 Å². The molecule has 0 aliphatic heterocycles. The first-order valence-electron chi connectivity index (χ1n) is 7.85. The van der Waals surface area contributed by atoms with E-state index in [-0.39, 0.29) is 11.8 Å². The highest BCUT2D eigenvalue weighted by molar-refractivity contribution is 7.16. The molecule has 3 rings (SSSR count). The first-order valence-corrected chi connectivity index (χ1v) is 8.73. The molecule has 3 N–H and O–H groups in total. The molecular formula is C18H17N3O4S. The highest BCUT2D eigenvalue weighted by Gasteiger charge is 2.16. The number of hydrogen-bond acceptors (Lipinski definition) is 7. The van der Waals surface area contributed by atoms with E-state index < -0.39 is 11.7 Å². The molecule has 2 aromatic heterocycles. The van der Waals surface area contributed by atoms with Gasteiger partial charge in [0.25, 0.3) is 0 Å². The van der Waals surface area contributed by atoms with Crippen LogP contribution in [0.2, 0.25) is 0 Å². The van der Waals surface area contributed by atoms with Crippen molar-refractivity contribution in [2.24, 2.45) is 0 Å². The van der Waals surface area contributed by atoms with E-state index in [0.717, 1.165) is 11.1 Å². The van der Waals surface area contributed by atoms with Gasteiger partial charge in [0.2, 0.25) is 11.8 Å². The van der Waals surface area contributed by atoms with Crippen LogP contribution in [0.15, 0.2) is 44.9 Å². The lowest BCUT2D eigenvalue weighted by Gasteiger charge is -2.10. The number of hydrogen-bond donors (Lipinski definition) is 3. The van der Waals surface area contributed by atoms with Crippen LogP contribution in [0.4, 0.5) is 5.69 Å². The van der Waals surface area contributed by atoms with Crippen molar-refractivity contribution in [2.45, 2.75) is 19.9 Å². The van der Waals surface area contributed by atoms with E-state index in [2.05, 4.69) is 10.3 Å². The predicted molar refractivity (Wildman–Crippen MR) is 100 cm³/mol. The maximum Gasteiger partial charge on any atom is 0.348 e. The summed E-state index contributed by atoms with van der Waals surface area (Å²) in [5.41, 5.74) is 3.69. The maximum atomic E-state index is 12.1. The number of aryl methyl sites for hydroxylation is 1. The van der Waals surface area contributed by atoms with E-state index in [9.17, 15) is 9.59 Å². The number of carbonyl (C=O) groups is 1. The van der Waals surface area contributed by atoms with E-state index in [0.29, 0.717) is 15.9 Å². The highest BCUT2D eigenvalue weighted by Crippen LogP contribution is 2.22. The van der Waals surface area contributed by atoms with Crippen LogP contribution in [0, 0.1) is 6.92 Å². The SMILES string of the molecule is Cc1csc2nc(C(C)NC(=O)C=Cc3cccc(NO)c3)oc(=O)c12. The topological polar surface area (TPSA) is 104 Å². The van der Waals surface area contributed by atoms with Gasteiger partial charge in [-0.25, -0.2) is 9.78 Å². The summed E-state index contributed by atoms with van der Waals surface area (Å²) in [6.45, 7) is 3.52. The first kappa shape index (κ1) is 17.8. The van der Waals surface area contributed by atoms with Gasteiger partial charge >= 0.3 is 5.63 Å². The van der Waals surface area contributed by atoms with E-state index in [1.807, 2.05) is 17.8 Å². The van der Waals surface area contributed by atoms with Crippen molar-refractivity contribution in [3.63, 3.8) is 0 Å². The number of amides is 1. The Balaban J connectivity index is 1.73. The molecule has 3 aromatic rings. The van der Waals surface area contributed by atoms with E-state index in [4.69, 9.17) is 9.62 Å². The molecule has 0 saturated heterocycles. The molecule has 0 aliphatic carbocycles. The number of fused-ring (bicyclic) bond motifs is 1. The Morgan fingerprint density at radius 1 is 1.42 bits per heavy atom. The quantitative estimate of drug-likeness (QED) is 0.470. The maximum absolute atomic E-state index is 12.1. The third-order valence-corrected chi connectivity index (χ3v) is 4.73. The van der Waals surface area contributed by atoms with Gasteiger partial charge in [-0.15, -0.1) is 11.3 Å². The molecule has 26 heavy (non-hydrogen) atoms. The van der Waals surface area contributed by atoms with Gasteiger partial charge in [-0.2, -0.15) is 0 Å². The molecule has 8 heteroatoms. The molecule has 1 atom stereocenters. The molecule has 2 heterocycles. The van der Waals surface area contributed by atoms with Gasteiger partial charge in [-0.3, -0.25) is 15.5 Å². The lowest BCUT2D eigenvalue weighted by Crippen LogP contribution is -2.26. The average Bonchev–Trinajstić information content (AvgIpc) is 3.01. The van der Waals surface area contributed by atoms with Crippen molar-refractivity contribution >= 4 is 39.2 Å². The zero-order chi connectivity index (χ0) is 18.7. The third-order valence-electron chi connectivity index (χ3n) is 3.74. The van der Waals surface area contributed by atoms with Crippen LogP contribution < -0.4 is 16.4 Å². The zero-order valence-electron chi connectivity index (χ0n) is 14.1. The van der Waals surface area contributed by atoms with Crippen LogP contribution in [-0.4, -0.2) is 16.1 Å². The van der Waals surface area contributed by atoms with Crippen molar-refractivity contribution in [3.8, 4) is 0 Å². The number of thiophene rings is 1. The van der Waals surface area contributed by atoms with Gasteiger partial charge in [0.1, 0.15) is 10.9 Å². The normalized spacial score (nSPS) is 12.4. The standard InChI is InChI=1S/C18H17N3O4S/c1-10-9-26-17-15(10)18(23)25-16(20-17)11(2)19-14(22)7-6-12-4-3-5-13(8-12)21-24/h3-9,11,21,24H,1-2H3,(H,19,22). The summed E-state index contributed by atoms with van der Waals surface area (Å²) in [7, 11) is 0. The van der Waals surface area contributed by atoms with Crippen molar-refractivity contribution < 1.29 is 14.4 Å². The largest absolute Gasteiger partial charge is 0.406 e. The summed E-state index contributed by atoms with van der Waals surface area (Å²) < 4.78 is 5.25. The summed E-state index contributed by atoms with van der Waals surface area (Å²) in [5.74, 6) is -0.190. The van der Waals surface area contributed by atoms with Gasteiger partial charge < -0.3 is 9.73 Å². The van der Waals surface area contributed by atoms with Crippen molar-refractivity contribution in [3.05, 3.63) is 63.2 Å². The van der Waals surface area contributed by atoms with Gasteiger partial charge in [0, 0.05) is 6.08 Å². The minimum absolute atomic E-state index is 0.164. The molecule has 0 fully saturated rings. The molecule has 1 aromatic carbocycles. The first-order chi connectivity index (χ1) is 12.5. The van der Waals surface area contributed by atoms with Gasteiger partial charge in [-0.1, -0.05) is 12.1 Å². The average molecular weight is 371 g/mol. The van der Waals surface area contributed by atoms with Crippen LogP contribution in [0.25, 0.3) is 16.3 Å². The lowest BCUT2D eigenvalue weighted by atomic mass is 10.2. The summed E-state index contributed by atoms with van der Waals surface area (Å²) in [4.78, 5) is 29.1. The Labute approximate surface area is 153 Å². The predicted octanol–water partition coefficient (Wildman–Crippen LogP) is 3.25. The fourth-order valence-corrected chi connectivity index (χ4v) is 3.33. The number of benzene rings is 1. The Hall–Kier alpha value is -2.97. The van der Waals surface area contributed by atoms with E-state index in [1.54, 1.807) is 37.3 Å². The highest BCUT2D eigenvalue weighted by atomic mass is 32.1. The van der Waals surface area contributed by atoms with Crippen molar-refractivity contribution in [1.82, 2.24) is 10.3 Å². The second-order valence-corrected chi connectivity index (χ2v) is 6.60. The fraction of sp³-hybridized carbons (Fsp3) is 0.167. The van der Waals surface area contributed by atoms with E-state index in [1.165, 1.54) is 17.4 Å². The summed E-state index contributed by atoms with van der Waals surface area (Å²) >= 11 is 1.37. The Kier molecular flexibility index (Phi) is 5.15. The third kappa shape index (κ3) is 3.81. The smallest absolute Gasteiger partial charge is 0.348 e. The number of rotatable bonds is 5. The van der Waals surface area contributed by atoms with E-state index >= 15 is 0 Å². The van der Waals surface area contributed by atoms with Crippen LogP contribution in [0.3, 0.4) is 0 Å². The lowest BCUT2D eigenvalue weighted by molar-refractivity contribution is -0.117.